The highest BCUT2D eigenvalue weighted by molar-refractivity contribution is 7.20. The zero-order chi connectivity index (χ0) is 13.9. The van der Waals surface area contributed by atoms with Crippen molar-refractivity contribution in [2.45, 2.75) is 13.0 Å². The number of amides is 1. The Kier molecular flexibility index (Phi) is 3.57. The third-order valence-electron chi connectivity index (χ3n) is 2.66. The van der Waals surface area contributed by atoms with Crippen LogP contribution < -0.4 is 5.32 Å². The van der Waals surface area contributed by atoms with Crippen LogP contribution in [0.4, 0.5) is 0 Å². The first-order valence-electron chi connectivity index (χ1n) is 5.89. The lowest BCUT2D eigenvalue weighted by Crippen LogP contribution is -2.27. The highest BCUT2D eigenvalue weighted by Crippen LogP contribution is 2.27. The van der Waals surface area contributed by atoms with Crippen LogP contribution in [0.3, 0.4) is 0 Å². The van der Waals surface area contributed by atoms with Crippen LogP contribution in [-0.4, -0.2) is 26.1 Å². The van der Waals surface area contributed by atoms with E-state index < -0.39 is 0 Å². The number of rotatable bonds is 4. The van der Waals surface area contributed by atoms with Gasteiger partial charge in [-0.1, -0.05) is 6.07 Å². The first-order chi connectivity index (χ1) is 9.74. The summed E-state index contributed by atoms with van der Waals surface area (Å²) in [6.45, 7) is 1.84. The van der Waals surface area contributed by atoms with Gasteiger partial charge in [-0.25, -0.2) is 9.97 Å². The van der Waals surface area contributed by atoms with E-state index in [4.69, 9.17) is 0 Å². The van der Waals surface area contributed by atoms with Crippen molar-refractivity contribution in [3.05, 3.63) is 40.7 Å². The van der Waals surface area contributed by atoms with Gasteiger partial charge >= 0.3 is 0 Å². The number of carbonyl (C=O) groups excluding carboxylic acids is 1. The van der Waals surface area contributed by atoms with Crippen LogP contribution in [-0.2, 0) is 0 Å². The maximum absolute atomic E-state index is 12.1. The Balaban J connectivity index is 1.72. The monoisotopic (exact) mass is 305 g/mol. The van der Waals surface area contributed by atoms with Gasteiger partial charge in [-0.05, 0) is 18.4 Å². The topological polar surface area (TPSA) is 83.6 Å². The molecule has 0 saturated heterocycles. The number of thiazole rings is 1. The van der Waals surface area contributed by atoms with E-state index in [0.29, 0.717) is 11.5 Å². The first kappa shape index (κ1) is 12.9. The van der Waals surface area contributed by atoms with E-state index in [9.17, 15) is 4.79 Å². The molecule has 0 radical (unpaired) electrons. The summed E-state index contributed by atoms with van der Waals surface area (Å²) < 4.78 is 0. The summed E-state index contributed by atoms with van der Waals surface area (Å²) in [4.78, 5) is 21.5. The second kappa shape index (κ2) is 5.51. The van der Waals surface area contributed by atoms with Gasteiger partial charge in [0.1, 0.15) is 22.9 Å². The Bertz CT molecular complexity index is 689. The standard InChI is InChI=1S/C12H11N5OS2/c1-7(10-13-6-14-17-10)15-11(18)8-5-20-12(16-8)9-3-2-4-19-9/h2-7H,1H3,(H,15,18)(H,13,14,17). The molecule has 102 valence electrons. The van der Waals surface area contributed by atoms with Crippen LogP contribution in [0.5, 0.6) is 0 Å². The first-order valence-corrected chi connectivity index (χ1v) is 7.65. The molecular formula is C12H11N5OS2. The fourth-order valence-electron chi connectivity index (χ4n) is 1.65. The van der Waals surface area contributed by atoms with Gasteiger partial charge in [-0.3, -0.25) is 9.89 Å². The molecule has 0 aliphatic heterocycles. The highest BCUT2D eigenvalue weighted by Gasteiger charge is 2.16. The predicted octanol–water partition coefficient (Wildman–Crippen LogP) is 2.48. The second-order valence-electron chi connectivity index (χ2n) is 4.08. The average Bonchev–Trinajstić information content (AvgIpc) is 3.19. The van der Waals surface area contributed by atoms with Gasteiger partial charge in [0.05, 0.1) is 10.9 Å². The molecule has 20 heavy (non-hydrogen) atoms. The number of aromatic nitrogens is 4. The van der Waals surface area contributed by atoms with Gasteiger partial charge in [0, 0.05) is 5.38 Å². The third-order valence-corrected chi connectivity index (χ3v) is 4.54. The van der Waals surface area contributed by atoms with Crippen LogP contribution in [0.2, 0.25) is 0 Å². The molecular weight excluding hydrogens is 294 g/mol. The van der Waals surface area contributed by atoms with Crippen LogP contribution in [0.1, 0.15) is 29.3 Å². The maximum atomic E-state index is 12.1. The van der Waals surface area contributed by atoms with Crippen molar-refractivity contribution in [3.63, 3.8) is 0 Å². The lowest BCUT2D eigenvalue weighted by Gasteiger charge is -2.09. The van der Waals surface area contributed by atoms with Crippen molar-refractivity contribution in [1.82, 2.24) is 25.5 Å². The zero-order valence-electron chi connectivity index (χ0n) is 10.5. The van der Waals surface area contributed by atoms with Crippen LogP contribution >= 0.6 is 22.7 Å². The predicted molar refractivity (Wildman–Crippen MR) is 77.7 cm³/mol. The molecule has 6 nitrogen and oxygen atoms in total. The van der Waals surface area contributed by atoms with Gasteiger partial charge in [0.25, 0.3) is 5.91 Å². The van der Waals surface area contributed by atoms with Crippen LogP contribution in [0.15, 0.2) is 29.2 Å². The molecule has 3 heterocycles. The Morgan fingerprint density at radius 2 is 2.35 bits per heavy atom. The minimum absolute atomic E-state index is 0.215. The zero-order valence-corrected chi connectivity index (χ0v) is 12.2. The summed E-state index contributed by atoms with van der Waals surface area (Å²) in [5.41, 5.74) is 0.421. The summed E-state index contributed by atoms with van der Waals surface area (Å²) in [5.74, 6) is 0.403. The largest absolute Gasteiger partial charge is 0.341 e. The third kappa shape index (κ3) is 2.61. The van der Waals surface area contributed by atoms with Gasteiger partial charge in [-0.15, -0.1) is 22.7 Å². The second-order valence-corrected chi connectivity index (χ2v) is 5.89. The van der Waals surface area contributed by atoms with Crippen LogP contribution in [0.25, 0.3) is 9.88 Å². The van der Waals surface area contributed by atoms with E-state index in [1.807, 2.05) is 24.4 Å². The summed E-state index contributed by atoms with van der Waals surface area (Å²) in [6, 6.07) is 3.71. The van der Waals surface area contributed by atoms with Crippen molar-refractivity contribution >= 4 is 28.6 Å². The Morgan fingerprint density at radius 1 is 1.45 bits per heavy atom. The van der Waals surface area contributed by atoms with Crippen molar-refractivity contribution in [2.24, 2.45) is 0 Å². The number of nitrogens with one attached hydrogen (secondary N) is 2. The smallest absolute Gasteiger partial charge is 0.271 e. The Labute approximate surface area is 122 Å². The molecule has 1 unspecified atom stereocenters. The molecule has 3 rings (SSSR count). The van der Waals surface area contributed by atoms with E-state index in [0.717, 1.165) is 9.88 Å². The van der Waals surface area contributed by atoms with E-state index in [-0.39, 0.29) is 11.9 Å². The van der Waals surface area contributed by atoms with Crippen molar-refractivity contribution in [2.75, 3.05) is 0 Å². The van der Waals surface area contributed by atoms with Gasteiger partial charge in [0.2, 0.25) is 0 Å². The Hall–Kier alpha value is -2.06. The van der Waals surface area contributed by atoms with Crippen molar-refractivity contribution in [1.29, 1.82) is 0 Å². The van der Waals surface area contributed by atoms with E-state index in [1.165, 1.54) is 17.7 Å². The maximum Gasteiger partial charge on any atom is 0.271 e. The molecule has 0 spiro atoms. The number of hydrogen-bond acceptors (Lipinski definition) is 6. The molecule has 1 atom stereocenters. The normalized spacial score (nSPS) is 12.2. The number of carbonyl (C=O) groups is 1. The summed E-state index contributed by atoms with van der Waals surface area (Å²) in [7, 11) is 0. The molecule has 0 aromatic carbocycles. The fraction of sp³-hybridized carbons (Fsp3) is 0.167. The number of thiophene rings is 1. The number of nitrogens with zero attached hydrogens (tertiary/aromatic N) is 3. The van der Waals surface area contributed by atoms with E-state index >= 15 is 0 Å². The summed E-state index contributed by atoms with van der Waals surface area (Å²) in [6.07, 6.45) is 1.41. The van der Waals surface area contributed by atoms with Gasteiger partial charge in [-0.2, -0.15) is 5.10 Å². The molecule has 8 heteroatoms. The quantitative estimate of drug-likeness (QED) is 0.775. The molecule has 2 N–H and O–H groups in total. The SMILES string of the molecule is CC(NC(=O)c1csc(-c2cccs2)n1)c1ncn[nH]1. The number of hydrogen-bond donors (Lipinski definition) is 2. The van der Waals surface area contributed by atoms with Crippen molar-refractivity contribution < 1.29 is 4.79 Å². The molecule has 3 aromatic rings. The molecule has 1 amide bonds. The summed E-state index contributed by atoms with van der Waals surface area (Å²) in [5, 5.41) is 13.9. The lowest BCUT2D eigenvalue weighted by molar-refractivity contribution is 0.0934. The van der Waals surface area contributed by atoms with E-state index in [1.54, 1.807) is 16.7 Å². The van der Waals surface area contributed by atoms with Crippen molar-refractivity contribution in [3.8, 4) is 9.88 Å². The average molecular weight is 305 g/mol. The van der Waals surface area contributed by atoms with Gasteiger partial charge in [0.15, 0.2) is 0 Å². The molecule has 0 aliphatic carbocycles. The highest BCUT2D eigenvalue weighted by atomic mass is 32.1. The molecule has 0 fully saturated rings. The summed E-state index contributed by atoms with van der Waals surface area (Å²) >= 11 is 3.07. The molecule has 0 bridgehead atoms. The molecule has 0 aliphatic rings. The molecule has 3 aromatic heterocycles. The number of H-pyrrole nitrogens is 1. The molecule has 0 saturated carbocycles. The minimum atomic E-state index is -0.239. The van der Waals surface area contributed by atoms with E-state index in [2.05, 4.69) is 25.5 Å². The lowest BCUT2D eigenvalue weighted by atomic mass is 10.3. The number of aromatic amines is 1. The Morgan fingerprint density at radius 3 is 3.05 bits per heavy atom. The fourth-order valence-corrected chi connectivity index (χ4v) is 3.27. The van der Waals surface area contributed by atoms with Crippen LogP contribution in [0, 0.1) is 0 Å². The van der Waals surface area contributed by atoms with Gasteiger partial charge < -0.3 is 5.32 Å². The minimum Gasteiger partial charge on any atom is -0.341 e.